The molecule has 19 heavy (non-hydrogen) atoms. The van der Waals surface area contributed by atoms with Gasteiger partial charge in [0.1, 0.15) is 11.5 Å². The molecule has 1 saturated carbocycles. The summed E-state index contributed by atoms with van der Waals surface area (Å²) in [5.41, 5.74) is 5.79. The minimum Gasteiger partial charge on any atom is -0.490 e. The lowest BCUT2D eigenvalue weighted by molar-refractivity contribution is -0.274. The maximum atomic E-state index is 12.0. The van der Waals surface area contributed by atoms with Gasteiger partial charge >= 0.3 is 6.36 Å². The van der Waals surface area contributed by atoms with Crippen LogP contribution in [0, 0.1) is 0 Å². The second-order valence-corrected chi connectivity index (χ2v) is 4.67. The molecule has 2 rings (SSSR count). The predicted octanol–water partition coefficient (Wildman–Crippen LogP) is 3.23. The van der Waals surface area contributed by atoms with Gasteiger partial charge in [0.25, 0.3) is 0 Å². The third kappa shape index (κ3) is 4.63. The van der Waals surface area contributed by atoms with Gasteiger partial charge in [0.2, 0.25) is 0 Å². The SMILES string of the molecule is N[C@H]1CC[C@H](Oc2ccc(OC(F)(F)F)cc2)CC1. The minimum atomic E-state index is -4.66. The zero-order valence-corrected chi connectivity index (χ0v) is 10.3. The molecule has 1 aliphatic carbocycles. The molecule has 1 aromatic carbocycles. The number of rotatable bonds is 3. The van der Waals surface area contributed by atoms with Crippen molar-refractivity contribution in [2.75, 3.05) is 0 Å². The van der Waals surface area contributed by atoms with Crippen LogP contribution in [0.25, 0.3) is 0 Å². The van der Waals surface area contributed by atoms with Crippen LogP contribution < -0.4 is 15.2 Å². The lowest BCUT2D eigenvalue weighted by Crippen LogP contribution is -2.31. The van der Waals surface area contributed by atoms with Gasteiger partial charge in [0.05, 0.1) is 6.10 Å². The van der Waals surface area contributed by atoms with Gasteiger partial charge < -0.3 is 15.2 Å². The van der Waals surface area contributed by atoms with Crippen molar-refractivity contribution in [3.63, 3.8) is 0 Å². The van der Waals surface area contributed by atoms with Gasteiger partial charge in [-0.2, -0.15) is 0 Å². The Hall–Kier alpha value is -1.43. The van der Waals surface area contributed by atoms with E-state index in [2.05, 4.69) is 4.74 Å². The number of halogens is 3. The average Bonchev–Trinajstić information content (AvgIpc) is 2.33. The van der Waals surface area contributed by atoms with Gasteiger partial charge in [0, 0.05) is 6.04 Å². The molecule has 0 aliphatic heterocycles. The predicted molar refractivity (Wildman–Crippen MR) is 64.0 cm³/mol. The monoisotopic (exact) mass is 275 g/mol. The normalized spacial score (nSPS) is 24.0. The summed E-state index contributed by atoms with van der Waals surface area (Å²) in [5.74, 6) is 0.306. The average molecular weight is 275 g/mol. The molecular formula is C13H16F3NO2. The zero-order valence-electron chi connectivity index (χ0n) is 10.3. The van der Waals surface area contributed by atoms with Gasteiger partial charge in [-0.05, 0) is 49.9 Å². The van der Waals surface area contributed by atoms with E-state index in [1.54, 1.807) is 0 Å². The highest BCUT2D eigenvalue weighted by Crippen LogP contribution is 2.27. The molecule has 0 heterocycles. The molecule has 1 aromatic rings. The van der Waals surface area contributed by atoms with E-state index in [0.29, 0.717) is 5.75 Å². The lowest BCUT2D eigenvalue weighted by atomic mass is 9.94. The quantitative estimate of drug-likeness (QED) is 0.921. The minimum absolute atomic E-state index is 0.0918. The van der Waals surface area contributed by atoms with Crippen molar-refractivity contribution in [2.24, 2.45) is 5.73 Å². The third-order valence-corrected chi connectivity index (χ3v) is 3.08. The van der Waals surface area contributed by atoms with Crippen LogP contribution in [-0.2, 0) is 0 Å². The number of nitrogens with two attached hydrogens (primary N) is 1. The van der Waals surface area contributed by atoms with E-state index in [4.69, 9.17) is 10.5 Å². The number of hydrogen-bond acceptors (Lipinski definition) is 3. The topological polar surface area (TPSA) is 44.5 Å². The largest absolute Gasteiger partial charge is 0.573 e. The summed E-state index contributed by atoms with van der Waals surface area (Å²) in [6.45, 7) is 0. The highest BCUT2D eigenvalue weighted by atomic mass is 19.4. The molecule has 2 N–H and O–H groups in total. The molecule has 0 radical (unpaired) electrons. The first-order valence-electron chi connectivity index (χ1n) is 6.20. The number of hydrogen-bond donors (Lipinski definition) is 1. The molecule has 0 unspecified atom stereocenters. The van der Waals surface area contributed by atoms with Crippen molar-refractivity contribution in [1.82, 2.24) is 0 Å². The third-order valence-electron chi connectivity index (χ3n) is 3.08. The highest BCUT2D eigenvalue weighted by Gasteiger charge is 2.31. The lowest BCUT2D eigenvalue weighted by Gasteiger charge is -2.26. The molecule has 0 aromatic heterocycles. The maximum Gasteiger partial charge on any atom is 0.573 e. The Labute approximate surface area is 109 Å². The summed E-state index contributed by atoms with van der Waals surface area (Å²) in [4.78, 5) is 0. The Morgan fingerprint density at radius 2 is 1.47 bits per heavy atom. The highest BCUT2D eigenvalue weighted by molar-refractivity contribution is 5.31. The van der Waals surface area contributed by atoms with E-state index in [9.17, 15) is 13.2 Å². The van der Waals surface area contributed by atoms with Crippen LogP contribution in [0.4, 0.5) is 13.2 Å². The Balaban J connectivity index is 1.88. The van der Waals surface area contributed by atoms with E-state index in [1.807, 2.05) is 0 Å². The second kappa shape index (κ2) is 5.69. The smallest absolute Gasteiger partial charge is 0.490 e. The van der Waals surface area contributed by atoms with Crippen LogP contribution >= 0.6 is 0 Å². The second-order valence-electron chi connectivity index (χ2n) is 4.67. The van der Waals surface area contributed by atoms with E-state index in [0.717, 1.165) is 25.7 Å². The summed E-state index contributed by atoms with van der Waals surface area (Å²) < 4.78 is 45.4. The molecular weight excluding hydrogens is 259 g/mol. The number of benzene rings is 1. The molecule has 0 saturated heterocycles. The van der Waals surface area contributed by atoms with E-state index >= 15 is 0 Å². The summed E-state index contributed by atoms with van der Waals surface area (Å²) in [7, 11) is 0. The van der Waals surface area contributed by atoms with Crippen LogP contribution in [0.5, 0.6) is 11.5 Å². The first-order valence-corrected chi connectivity index (χ1v) is 6.20. The van der Waals surface area contributed by atoms with Crippen molar-refractivity contribution >= 4 is 0 Å². The van der Waals surface area contributed by atoms with Crippen molar-refractivity contribution in [2.45, 2.75) is 44.2 Å². The fraction of sp³-hybridized carbons (Fsp3) is 0.538. The van der Waals surface area contributed by atoms with Crippen molar-refractivity contribution in [1.29, 1.82) is 0 Å². The van der Waals surface area contributed by atoms with Crippen LogP contribution in [0.2, 0.25) is 0 Å². The Bertz CT molecular complexity index is 397. The first kappa shape index (κ1) is 14.0. The molecule has 0 amide bonds. The number of ether oxygens (including phenoxy) is 2. The van der Waals surface area contributed by atoms with Gasteiger partial charge in [-0.3, -0.25) is 0 Å². The molecule has 0 spiro atoms. The summed E-state index contributed by atoms with van der Waals surface area (Å²) in [6, 6.07) is 5.70. The summed E-state index contributed by atoms with van der Waals surface area (Å²) >= 11 is 0. The van der Waals surface area contributed by atoms with Gasteiger partial charge in [-0.1, -0.05) is 0 Å². The van der Waals surface area contributed by atoms with E-state index in [1.165, 1.54) is 24.3 Å². The molecule has 1 fully saturated rings. The zero-order chi connectivity index (χ0) is 13.9. The summed E-state index contributed by atoms with van der Waals surface area (Å²) in [6.07, 6.45) is -0.986. The van der Waals surface area contributed by atoms with Crippen molar-refractivity contribution in [3.05, 3.63) is 24.3 Å². The maximum absolute atomic E-state index is 12.0. The van der Waals surface area contributed by atoms with Gasteiger partial charge in [0.15, 0.2) is 0 Å². The van der Waals surface area contributed by atoms with Crippen LogP contribution in [0.15, 0.2) is 24.3 Å². The van der Waals surface area contributed by atoms with E-state index < -0.39 is 6.36 Å². The van der Waals surface area contributed by atoms with Crippen LogP contribution in [0.3, 0.4) is 0 Å². The molecule has 6 heteroatoms. The van der Waals surface area contributed by atoms with Crippen LogP contribution in [-0.4, -0.2) is 18.5 Å². The first-order chi connectivity index (χ1) is 8.92. The molecule has 3 nitrogen and oxygen atoms in total. The van der Waals surface area contributed by atoms with E-state index in [-0.39, 0.29) is 17.9 Å². The molecule has 106 valence electrons. The summed E-state index contributed by atoms with van der Waals surface area (Å²) in [5, 5.41) is 0. The van der Waals surface area contributed by atoms with Gasteiger partial charge in [-0.15, -0.1) is 13.2 Å². The fourth-order valence-corrected chi connectivity index (χ4v) is 2.12. The molecule has 0 bridgehead atoms. The molecule has 1 aliphatic rings. The van der Waals surface area contributed by atoms with Crippen molar-refractivity contribution < 1.29 is 22.6 Å². The Morgan fingerprint density at radius 3 is 2.00 bits per heavy atom. The molecule has 0 atom stereocenters. The standard InChI is InChI=1S/C13H16F3NO2/c14-13(15,16)19-12-7-5-11(6-8-12)18-10-3-1-9(17)2-4-10/h5-10H,1-4,17H2/t9-,10-. The Morgan fingerprint density at radius 1 is 0.947 bits per heavy atom. The Kier molecular flexibility index (Phi) is 4.19. The van der Waals surface area contributed by atoms with Crippen molar-refractivity contribution in [3.8, 4) is 11.5 Å². The van der Waals surface area contributed by atoms with Gasteiger partial charge in [-0.25, -0.2) is 0 Å². The fourth-order valence-electron chi connectivity index (χ4n) is 2.12. The number of alkyl halides is 3. The van der Waals surface area contributed by atoms with Crippen LogP contribution in [0.1, 0.15) is 25.7 Å².